The van der Waals surface area contributed by atoms with E-state index in [2.05, 4.69) is 52.0 Å². The van der Waals surface area contributed by atoms with Crippen LogP contribution >= 0.6 is 11.8 Å². The second-order valence-corrected chi connectivity index (χ2v) is 8.67. The van der Waals surface area contributed by atoms with Crippen LogP contribution in [0.5, 0.6) is 0 Å². The van der Waals surface area contributed by atoms with Gasteiger partial charge in [0.15, 0.2) is 5.17 Å². The topological polar surface area (TPSA) is 62.7 Å². The molecule has 0 saturated carbocycles. The van der Waals surface area contributed by atoms with Crippen LogP contribution in [0.1, 0.15) is 17.2 Å². The molecule has 160 valence electrons. The molecule has 1 unspecified atom stereocenters. The van der Waals surface area contributed by atoms with Crippen molar-refractivity contribution in [2.75, 3.05) is 19.8 Å². The number of carbonyl (C=O) groups is 1. The Hall–Kier alpha value is -3.19. The average molecular weight is 442 g/mol. The highest BCUT2D eigenvalue weighted by atomic mass is 32.2. The maximum atomic E-state index is 12.4. The Morgan fingerprint density at radius 1 is 0.938 bits per heavy atom. The van der Waals surface area contributed by atoms with Gasteiger partial charge in [-0.3, -0.25) is 4.79 Å². The number of hydrogen-bond acceptors (Lipinski definition) is 5. The van der Waals surface area contributed by atoms with E-state index >= 15 is 0 Å². The SMILES string of the molecule is O=C1NC(=Nc2ccc(C3COCCN3)cc2)SC1=Cc1ccc(-c2ccccc2)cc1. The lowest BCUT2D eigenvalue weighted by molar-refractivity contribution is -0.115. The molecule has 5 rings (SSSR count). The van der Waals surface area contributed by atoms with Crippen molar-refractivity contribution in [2.45, 2.75) is 6.04 Å². The summed E-state index contributed by atoms with van der Waals surface area (Å²) < 4.78 is 5.53. The van der Waals surface area contributed by atoms with Gasteiger partial charge in [-0.15, -0.1) is 0 Å². The minimum absolute atomic E-state index is 0.124. The third kappa shape index (κ3) is 4.83. The van der Waals surface area contributed by atoms with Gasteiger partial charge in [-0.05, 0) is 52.2 Å². The van der Waals surface area contributed by atoms with Crippen LogP contribution < -0.4 is 10.6 Å². The molecule has 2 heterocycles. The minimum atomic E-state index is -0.124. The van der Waals surface area contributed by atoms with E-state index in [0.717, 1.165) is 30.0 Å². The Labute approximate surface area is 191 Å². The van der Waals surface area contributed by atoms with Crippen molar-refractivity contribution in [1.82, 2.24) is 10.6 Å². The largest absolute Gasteiger partial charge is 0.378 e. The van der Waals surface area contributed by atoms with Crippen molar-refractivity contribution in [1.29, 1.82) is 0 Å². The molecule has 32 heavy (non-hydrogen) atoms. The Kier molecular flexibility index (Phi) is 6.16. The first-order valence-corrected chi connectivity index (χ1v) is 11.4. The molecule has 2 N–H and O–H groups in total. The Bertz CT molecular complexity index is 1150. The first kappa shape index (κ1) is 20.7. The molecule has 5 nitrogen and oxygen atoms in total. The predicted molar refractivity (Wildman–Crippen MR) is 131 cm³/mol. The van der Waals surface area contributed by atoms with Crippen molar-refractivity contribution in [3.63, 3.8) is 0 Å². The maximum absolute atomic E-state index is 12.4. The molecular formula is C26H23N3O2S. The minimum Gasteiger partial charge on any atom is -0.378 e. The molecule has 6 heteroatoms. The summed E-state index contributed by atoms with van der Waals surface area (Å²) >= 11 is 1.36. The predicted octanol–water partition coefficient (Wildman–Crippen LogP) is 4.91. The van der Waals surface area contributed by atoms with Crippen molar-refractivity contribution in [2.24, 2.45) is 4.99 Å². The smallest absolute Gasteiger partial charge is 0.264 e. The molecule has 2 saturated heterocycles. The first-order valence-electron chi connectivity index (χ1n) is 10.6. The summed E-state index contributed by atoms with van der Waals surface area (Å²) in [6.45, 7) is 2.30. The molecule has 3 aromatic rings. The number of morpholine rings is 1. The number of hydrogen-bond donors (Lipinski definition) is 2. The molecule has 2 aliphatic heterocycles. The molecule has 1 atom stereocenters. The number of nitrogens with zero attached hydrogens (tertiary/aromatic N) is 1. The van der Waals surface area contributed by atoms with Crippen LogP contribution in [0.3, 0.4) is 0 Å². The van der Waals surface area contributed by atoms with E-state index in [-0.39, 0.29) is 11.9 Å². The van der Waals surface area contributed by atoms with Crippen LogP contribution in [0.25, 0.3) is 17.2 Å². The molecule has 0 aliphatic carbocycles. The standard InChI is InChI=1S/C26H23N3O2S/c30-25-24(16-18-6-8-20(9-7-18)19-4-2-1-3-5-19)32-26(29-25)28-22-12-10-21(11-13-22)23-17-31-15-14-27-23/h1-13,16,23,27H,14-15,17H2,(H,28,29,30). The molecule has 0 spiro atoms. The average Bonchev–Trinajstić information content (AvgIpc) is 3.19. The molecule has 0 radical (unpaired) electrons. The van der Waals surface area contributed by atoms with Gasteiger partial charge in [0.1, 0.15) is 0 Å². The van der Waals surface area contributed by atoms with E-state index in [9.17, 15) is 4.79 Å². The van der Waals surface area contributed by atoms with E-state index in [1.54, 1.807) is 0 Å². The maximum Gasteiger partial charge on any atom is 0.264 e. The number of ether oxygens (including phenoxy) is 1. The number of thioether (sulfide) groups is 1. The van der Waals surface area contributed by atoms with Crippen LogP contribution in [-0.2, 0) is 9.53 Å². The number of carbonyl (C=O) groups excluding carboxylic acids is 1. The summed E-state index contributed by atoms with van der Waals surface area (Å²) in [5.74, 6) is -0.124. The molecule has 0 bridgehead atoms. The number of amides is 1. The second-order valence-electron chi connectivity index (χ2n) is 7.64. The van der Waals surface area contributed by atoms with Gasteiger partial charge in [0.2, 0.25) is 0 Å². The zero-order chi connectivity index (χ0) is 21.8. The molecule has 0 aromatic heterocycles. The highest BCUT2D eigenvalue weighted by molar-refractivity contribution is 8.18. The summed E-state index contributed by atoms with van der Waals surface area (Å²) in [6, 6.07) is 26.7. The van der Waals surface area contributed by atoms with E-state index < -0.39 is 0 Å². The zero-order valence-electron chi connectivity index (χ0n) is 17.5. The second kappa shape index (κ2) is 9.53. The van der Waals surface area contributed by atoms with Gasteiger partial charge in [0.05, 0.1) is 29.8 Å². The van der Waals surface area contributed by atoms with E-state index in [4.69, 9.17) is 4.74 Å². The van der Waals surface area contributed by atoms with Crippen LogP contribution in [-0.4, -0.2) is 30.8 Å². The third-order valence-electron chi connectivity index (χ3n) is 5.41. The Balaban J connectivity index is 1.27. The summed E-state index contributed by atoms with van der Waals surface area (Å²) in [4.78, 5) is 17.7. The monoisotopic (exact) mass is 441 g/mol. The van der Waals surface area contributed by atoms with Crippen LogP contribution in [0.2, 0.25) is 0 Å². The lowest BCUT2D eigenvalue weighted by Crippen LogP contribution is -2.34. The van der Waals surface area contributed by atoms with Gasteiger partial charge < -0.3 is 15.4 Å². The van der Waals surface area contributed by atoms with Crippen molar-refractivity contribution < 1.29 is 9.53 Å². The van der Waals surface area contributed by atoms with Crippen molar-refractivity contribution in [3.05, 3.63) is 94.9 Å². The summed E-state index contributed by atoms with van der Waals surface area (Å²) in [6.07, 6.45) is 1.90. The molecule has 2 fully saturated rings. The molecule has 3 aromatic carbocycles. The van der Waals surface area contributed by atoms with Crippen molar-refractivity contribution >= 4 is 34.6 Å². The highest BCUT2D eigenvalue weighted by Crippen LogP contribution is 2.29. The van der Waals surface area contributed by atoms with E-state index in [0.29, 0.717) is 16.7 Å². The Morgan fingerprint density at radius 2 is 1.69 bits per heavy atom. The number of rotatable bonds is 4. The van der Waals surface area contributed by atoms with Gasteiger partial charge in [-0.1, -0.05) is 66.7 Å². The molecule has 1 amide bonds. The van der Waals surface area contributed by atoms with E-state index in [1.165, 1.54) is 22.9 Å². The van der Waals surface area contributed by atoms with Gasteiger partial charge >= 0.3 is 0 Å². The normalized spacial score (nSPS) is 21.1. The van der Waals surface area contributed by atoms with Crippen LogP contribution in [0, 0.1) is 0 Å². The summed E-state index contributed by atoms with van der Waals surface area (Å²) in [7, 11) is 0. The zero-order valence-corrected chi connectivity index (χ0v) is 18.3. The number of benzene rings is 3. The van der Waals surface area contributed by atoms with Crippen LogP contribution in [0.15, 0.2) is 88.8 Å². The molecule has 2 aliphatic rings. The quantitative estimate of drug-likeness (QED) is 0.565. The summed E-state index contributed by atoms with van der Waals surface area (Å²) in [5, 5.41) is 6.90. The van der Waals surface area contributed by atoms with Crippen molar-refractivity contribution in [3.8, 4) is 11.1 Å². The fraction of sp³-hybridized carbons (Fsp3) is 0.154. The van der Waals surface area contributed by atoms with Gasteiger partial charge in [0, 0.05) is 6.54 Å². The van der Waals surface area contributed by atoms with E-state index in [1.807, 2.05) is 48.5 Å². The fourth-order valence-corrected chi connectivity index (χ4v) is 4.55. The number of aliphatic imine (C=N–C) groups is 1. The highest BCUT2D eigenvalue weighted by Gasteiger charge is 2.24. The Morgan fingerprint density at radius 3 is 2.41 bits per heavy atom. The van der Waals surface area contributed by atoms with Gasteiger partial charge in [-0.2, -0.15) is 0 Å². The molecular weight excluding hydrogens is 418 g/mol. The number of amidine groups is 1. The van der Waals surface area contributed by atoms with Crippen LogP contribution in [0.4, 0.5) is 5.69 Å². The first-order chi connectivity index (χ1) is 15.7. The lowest BCUT2D eigenvalue weighted by atomic mass is 10.0. The third-order valence-corrected chi connectivity index (χ3v) is 6.32. The summed E-state index contributed by atoms with van der Waals surface area (Å²) in [5.41, 5.74) is 5.29. The van der Waals surface area contributed by atoms with Gasteiger partial charge in [-0.25, -0.2) is 4.99 Å². The van der Waals surface area contributed by atoms with Gasteiger partial charge in [0.25, 0.3) is 5.91 Å². The fourth-order valence-electron chi connectivity index (χ4n) is 3.71. The number of nitrogens with one attached hydrogen (secondary N) is 2. The lowest BCUT2D eigenvalue weighted by Gasteiger charge is -2.24.